The number of para-hydroxylation sites is 1. The van der Waals surface area contributed by atoms with Gasteiger partial charge in [0, 0.05) is 63.9 Å². The highest BCUT2D eigenvalue weighted by molar-refractivity contribution is 5.95. The summed E-state index contributed by atoms with van der Waals surface area (Å²) in [5.74, 6) is 0.801. The van der Waals surface area contributed by atoms with Gasteiger partial charge in [0.2, 0.25) is 0 Å². The maximum atomic E-state index is 12.8. The molecular formula is C20H26N4O2. The molecule has 6 nitrogen and oxygen atoms in total. The molecule has 2 heterocycles. The van der Waals surface area contributed by atoms with E-state index < -0.39 is 0 Å². The van der Waals surface area contributed by atoms with Crippen molar-refractivity contribution in [2.45, 2.75) is 6.42 Å². The zero-order valence-electron chi connectivity index (χ0n) is 15.2. The molecule has 3 rings (SSSR count). The van der Waals surface area contributed by atoms with E-state index in [1.807, 2.05) is 29.2 Å². The summed E-state index contributed by atoms with van der Waals surface area (Å²) in [6, 6.07) is 14.0. The van der Waals surface area contributed by atoms with E-state index in [-0.39, 0.29) is 5.91 Å². The number of pyridine rings is 1. The number of nitrogens with zero attached hydrogens (tertiary/aromatic N) is 3. The molecule has 0 atom stereocenters. The number of piperazine rings is 1. The lowest BCUT2D eigenvalue weighted by Gasteiger charge is -2.36. The second kappa shape index (κ2) is 9.20. The van der Waals surface area contributed by atoms with Crippen LogP contribution in [0.4, 0.5) is 11.5 Å². The minimum Gasteiger partial charge on any atom is -0.385 e. The fourth-order valence-corrected chi connectivity index (χ4v) is 3.08. The van der Waals surface area contributed by atoms with E-state index in [0.717, 1.165) is 45.0 Å². The molecule has 2 aromatic rings. The summed E-state index contributed by atoms with van der Waals surface area (Å²) in [5, 5.41) is 3.24. The molecule has 1 saturated heterocycles. The van der Waals surface area contributed by atoms with Crippen LogP contribution in [0.3, 0.4) is 0 Å². The Hall–Kier alpha value is -2.60. The first-order chi connectivity index (χ1) is 12.8. The van der Waals surface area contributed by atoms with Gasteiger partial charge in [0.25, 0.3) is 5.91 Å². The highest BCUT2D eigenvalue weighted by Gasteiger charge is 2.22. The van der Waals surface area contributed by atoms with Crippen LogP contribution in [-0.4, -0.2) is 62.2 Å². The molecule has 1 fully saturated rings. The SMILES string of the molecule is COCCCNc1cc(C(=O)N2CCN(c3ccccc3)CC2)ccn1. The van der Waals surface area contributed by atoms with Crippen LogP contribution in [0.15, 0.2) is 48.7 Å². The topological polar surface area (TPSA) is 57.7 Å². The van der Waals surface area contributed by atoms with Crippen LogP contribution in [0.25, 0.3) is 0 Å². The molecule has 0 unspecified atom stereocenters. The highest BCUT2D eigenvalue weighted by Crippen LogP contribution is 2.17. The van der Waals surface area contributed by atoms with Crippen LogP contribution < -0.4 is 10.2 Å². The molecule has 0 saturated carbocycles. The minimum absolute atomic E-state index is 0.0695. The quantitative estimate of drug-likeness (QED) is 0.774. The Morgan fingerprint density at radius 2 is 1.92 bits per heavy atom. The van der Waals surface area contributed by atoms with Crippen molar-refractivity contribution in [2.24, 2.45) is 0 Å². The monoisotopic (exact) mass is 354 g/mol. The summed E-state index contributed by atoms with van der Waals surface area (Å²) in [4.78, 5) is 21.3. The van der Waals surface area contributed by atoms with Crippen LogP contribution in [0.1, 0.15) is 16.8 Å². The van der Waals surface area contributed by atoms with Crippen LogP contribution in [0.2, 0.25) is 0 Å². The van der Waals surface area contributed by atoms with Crippen molar-refractivity contribution in [3.8, 4) is 0 Å². The molecule has 1 aliphatic rings. The number of benzene rings is 1. The number of hydrogen-bond acceptors (Lipinski definition) is 5. The fraction of sp³-hybridized carbons (Fsp3) is 0.400. The average molecular weight is 354 g/mol. The number of nitrogens with one attached hydrogen (secondary N) is 1. The summed E-state index contributed by atoms with van der Waals surface area (Å²) < 4.78 is 5.04. The van der Waals surface area contributed by atoms with Gasteiger partial charge in [-0.3, -0.25) is 4.79 Å². The van der Waals surface area contributed by atoms with Gasteiger partial charge in [-0.25, -0.2) is 4.98 Å². The van der Waals surface area contributed by atoms with Gasteiger partial charge in [-0.2, -0.15) is 0 Å². The van der Waals surface area contributed by atoms with Gasteiger partial charge in [0.15, 0.2) is 0 Å². The van der Waals surface area contributed by atoms with Crippen molar-refractivity contribution in [3.63, 3.8) is 0 Å². The molecule has 0 bridgehead atoms. The summed E-state index contributed by atoms with van der Waals surface area (Å²) in [6.45, 7) is 4.64. The van der Waals surface area contributed by atoms with Crippen LogP contribution >= 0.6 is 0 Å². The first-order valence-electron chi connectivity index (χ1n) is 9.06. The number of ether oxygens (including phenoxy) is 1. The van der Waals surface area contributed by atoms with Crippen molar-refractivity contribution in [2.75, 3.05) is 56.7 Å². The zero-order valence-corrected chi connectivity index (χ0v) is 15.2. The Kier molecular flexibility index (Phi) is 6.44. The van der Waals surface area contributed by atoms with Crippen molar-refractivity contribution >= 4 is 17.4 Å². The second-order valence-corrected chi connectivity index (χ2v) is 6.32. The Labute approximate surface area is 154 Å². The number of amides is 1. The molecule has 26 heavy (non-hydrogen) atoms. The predicted octanol–water partition coefficient (Wildman–Crippen LogP) is 2.49. The summed E-state index contributed by atoms with van der Waals surface area (Å²) in [6.07, 6.45) is 2.59. The van der Waals surface area contributed by atoms with Crippen molar-refractivity contribution in [3.05, 3.63) is 54.2 Å². The lowest BCUT2D eigenvalue weighted by Crippen LogP contribution is -2.48. The Morgan fingerprint density at radius 3 is 2.65 bits per heavy atom. The third-order valence-corrected chi connectivity index (χ3v) is 4.53. The smallest absolute Gasteiger partial charge is 0.254 e. The maximum absolute atomic E-state index is 12.8. The maximum Gasteiger partial charge on any atom is 0.254 e. The first kappa shape index (κ1) is 18.2. The van der Waals surface area contributed by atoms with Gasteiger partial charge in [-0.05, 0) is 30.7 Å². The van der Waals surface area contributed by atoms with Crippen molar-refractivity contribution in [1.82, 2.24) is 9.88 Å². The molecule has 138 valence electrons. The van der Waals surface area contributed by atoms with E-state index in [1.54, 1.807) is 19.4 Å². The first-order valence-corrected chi connectivity index (χ1v) is 9.06. The van der Waals surface area contributed by atoms with Gasteiger partial charge in [0.1, 0.15) is 5.82 Å². The largest absolute Gasteiger partial charge is 0.385 e. The summed E-state index contributed by atoms with van der Waals surface area (Å²) >= 11 is 0. The molecular weight excluding hydrogens is 328 g/mol. The number of methoxy groups -OCH3 is 1. The van der Waals surface area contributed by atoms with Gasteiger partial charge in [-0.1, -0.05) is 18.2 Å². The number of carbonyl (C=O) groups excluding carboxylic acids is 1. The molecule has 0 spiro atoms. The summed E-state index contributed by atoms with van der Waals surface area (Å²) in [5.41, 5.74) is 1.90. The van der Waals surface area contributed by atoms with Crippen molar-refractivity contribution < 1.29 is 9.53 Å². The molecule has 1 N–H and O–H groups in total. The van der Waals surface area contributed by atoms with E-state index >= 15 is 0 Å². The van der Waals surface area contributed by atoms with E-state index in [9.17, 15) is 4.79 Å². The standard InChI is InChI=1S/C20H26N4O2/c1-26-15-5-9-21-19-16-17(8-10-22-19)20(25)24-13-11-23(12-14-24)18-6-3-2-4-7-18/h2-4,6-8,10,16H,5,9,11-15H2,1H3,(H,21,22). The van der Waals surface area contributed by atoms with Crippen LogP contribution in [0.5, 0.6) is 0 Å². The Morgan fingerprint density at radius 1 is 1.15 bits per heavy atom. The molecule has 0 radical (unpaired) electrons. The normalized spacial score (nSPS) is 14.3. The van der Waals surface area contributed by atoms with Crippen molar-refractivity contribution in [1.29, 1.82) is 0 Å². The average Bonchev–Trinajstić information content (AvgIpc) is 2.72. The number of carbonyl (C=O) groups is 1. The molecule has 1 amide bonds. The molecule has 0 aliphatic carbocycles. The Bertz CT molecular complexity index is 700. The van der Waals surface area contributed by atoms with E-state index in [0.29, 0.717) is 12.2 Å². The van der Waals surface area contributed by atoms with E-state index in [1.165, 1.54) is 5.69 Å². The zero-order chi connectivity index (χ0) is 18.2. The summed E-state index contributed by atoms with van der Waals surface area (Å²) in [7, 11) is 1.69. The van der Waals surface area contributed by atoms with Gasteiger partial charge in [-0.15, -0.1) is 0 Å². The van der Waals surface area contributed by atoms with E-state index in [4.69, 9.17) is 4.74 Å². The number of hydrogen-bond donors (Lipinski definition) is 1. The van der Waals surface area contributed by atoms with Crippen LogP contribution in [0, 0.1) is 0 Å². The third-order valence-electron chi connectivity index (χ3n) is 4.53. The molecule has 1 aromatic carbocycles. The number of rotatable bonds is 7. The Balaban J connectivity index is 1.55. The lowest BCUT2D eigenvalue weighted by molar-refractivity contribution is 0.0746. The highest BCUT2D eigenvalue weighted by atomic mass is 16.5. The van der Waals surface area contributed by atoms with Crippen LogP contribution in [-0.2, 0) is 4.74 Å². The van der Waals surface area contributed by atoms with Gasteiger partial charge in [0.05, 0.1) is 0 Å². The number of anilines is 2. The fourth-order valence-electron chi connectivity index (χ4n) is 3.08. The molecule has 1 aromatic heterocycles. The predicted molar refractivity (Wildman–Crippen MR) is 104 cm³/mol. The molecule has 1 aliphatic heterocycles. The molecule has 6 heteroatoms. The lowest BCUT2D eigenvalue weighted by atomic mass is 10.2. The second-order valence-electron chi connectivity index (χ2n) is 6.32. The van der Waals surface area contributed by atoms with Gasteiger partial charge >= 0.3 is 0 Å². The van der Waals surface area contributed by atoms with Gasteiger partial charge < -0.3 is 19.9 Å². The third kappa shape index (κ3) is 4.73. The number of aromatic nitrogens is 1. The van der Waals surface area contributed by atoms with E-state index in [2.05, 4.69) is 27.3 Å². The minimum atomic E-state index is 0.0695.